The predicted octanol–water partition coefficient (Wildman–Crippen LogP) is -1.79. The highest BCUT2D eigenvalue weighted by molar-refractivity contribution is 6.00. The average Bonchev–Trinajstić information content (AvgIpc) is 2.85. The van der Waals surface area contributed by atoms with Gasteiger partial charge in [0.2, 0.25) is 11.8 Å². The van der Waals surface area contributed by atoms with Gasteiger partial charge < -0.3 is 29.2 Å². The summed E-state index contributed by atoms with van der Waals surface area (Å²) in [6.45, 7) is -2.34. The van der Waals surface area contributed by atoms with Crippen LogP contribution in [-0.2, 0) is 28.9 Å². The van der Waals surface area contributed by atoms with Crippen LogP contribution in [0.25, 0.3) is 0 Å². The fraction of sp³-hybridized carbons (Fsp3) is 0.889. The Labute approximate surface area is 211 Å². The van der Waals surface area contributed by atoms with Gasteiger partial charge in [0.05, 0.1) is 10.8 Å². The fourth-order valence-corrected chi connectivity index (χ4v) is 8.46. The minimum Gasteiger partial charge on any atom is -0.338 e. The lowest BCUT2D eigenvalue weighted by Crippen LogP contribution is -3.12. The van der Waals surface area contributed by atoms with E-state index in [1.807, 2.05) is 0 Å². The van der Waals surface area contributed by atoms with E-state index in [0.29, 0.717) is 0 Å². The summed E-state index contributed by atoms with van der Waals surface area (Å²) in [4.78, 5) is 88.7. The van der Waals surface area contributed by atoms with Crippen molar-refractivity contribution in [3.05, 3.63) is 40.5 Å². The Hall–Kier alpha value is -4.26. The quantitative estimate of drug-likeness (QED) is 0.136. The molecule has 0 unspecified atom stereocenters. The zero-order valence-corrected chi connectivity index (χ0v) is 19.5. The van der Waals surface area contributed by atoms with E-state index in [4.69, 9.17) is 0 Å². The molecule has 38 heavy (non-hydrogen) atoms. The van der Waals surface area contributed by atoms with Crippen LogP contribution in [0.15, 0.2) is 0 Å². The first-order valence-corrected chi connectivity index (χ1v) is 11.7. The van der Waals surface area contributed by atoms with Gasteiger partial charge >= 0.3 is 0 Å². The maximum absolute atomic E-state index is 13.5. The molecule has 0 N–H and O–H groups in total. The molecule has 0 radical (unpaired) electrons. The SMILES string of the molecule is O=C(N(CCO[N+](=O)[O-])CCO[N+](=O)[O-])C12C3C4C1C1C2C3C41C(=O)N(CCO[N+](=O)[O-])CCO[N+](=O)[O-]. The molecule has 6 aliphatic rings. The van der Waals surface area contributed by atoms with Gasteiger partial charge in [-0.3, -0.25) is 9.59 Å². The summed E-state index contributed by atoms with van der Waals surface area (Å²) in [6.07, 6.45) is 0. The Morgan fingerprint density at radius 3 is 0.921 bits per heavy atom. The zero-order chi connectivity index (χ0) is 27.6. The smallest absolute Gasteiger partial charge is 0.294 e. The van der Waals surface area contributed by atoms with Crippen LogP contribution in [0, 0.1) is 86.8 Å². The molecule has 20 nitrogen and oxygen atoms in total. The maximum atomic E-state index is 13.5. The van der Waals surface area contributed by atoms with Crippen LogP contribution >= 0.6 is 0 Å². The molecule has 20 heteroatoms. The molecule has 0 bridgehead atoms. The van der Waals surface area contributed by atoms with Gasteiger partial charge in [-0.2, -0.15) is 0 Å². The Bertz CT molecular complexity index is 922. The first-order valence-electron chi connectivity index (χ1n) is 11.7. The van der Waals surface area contributed by atoms with Gasteiger partial charge in [0.15, 0.2) is 0 Å². The number of nitrogens with zero attached hydrogens (tertiary/aromatic N) is 6. The van der Waals surface area contributed by atoms with E-state index in [1.165, 1.54) is 9.80 Å². The van der Waals surface area contributed by atoms with Gasteiger partial charge in [0.25, 0.3) is 20.3 Å². The molecule has 0 aromatic carbocycles. The van der Waals surface area contributed by atoms with E-state index >= 15 is 0 Å². The second-order valence-electron chi connectivity index (χ2n) is 9.83. The molecule has 0 aromatic heterocycles. The van der Waals surface area contributed by atoms with Crippen molar-refractivity contribution in [2.75, 3.05) is 52.6 Å². The zero-order valence-electron chi connectivity index (χ0n) is 19.5. The standard InChI is InChI=1S/C18H22N6O14/c25-15(19(1-5-35-21(27)28)2-6-36-22(29)30)17-9-12-10(17)14-11(17)13(9)18(12,14)16(26)20(3-7-37-23(31)32)4-8-38-24(33)34/h9-14H,1-8H2. The van der Waals surface area contributed by atoms with Gasteiger partial charge in [0.1, 0.15) is 26.4 Å². The topological polar surface area (TPSA) is 250 Å². The summed E-state index contributed by atoms with van der Waals surface area (Å²) in [6, 6.07) is 0. The highest BCUT2D eigenvalue weighted by Crippen LogP contribution is 3.10. The van der Waals surface area contributed by atoms with Crippen LogP contribution in [0.5, 0.6) is 0 Å². The number of hydrogen-bond donors (Lipinski definition) is 0. The summed E-state index contributed by atoms with van der Waals surface area (Å²) in [5, 5.41) is 38.0. The molecule has 0 spiro atoms. The third-order valence-corrected chi connectivity index (χ3v) is 9.18. The summed E-state index contributed by atoms with van der Waals surface area (Å²) >= 11 is 0. The molecule has 0 saturated heterocycles. The lowest BCUT2D eigenvalue weighted by Gasteiger charge is -3.09. The molecule has 0 aromatic rings. The van der Waals surface area contributed by atoms with E-state index in [9.17, 15) is 50.0 Å². The third-order valence-electron chi connectivity index (χ3n) is 9.18. The number of rotatable bonds is 18. The third kappa shape index (κ3) is 3.01. The molecule has 6 rings (SSSR count). The maximum Gasteiger partial charge on any atom is 0.294 e. The first-order chi connectivity index (χ1) is 18.0. The van der Waals surface area contributed by atoms with Crippen LogP contribution < -0.4 is 0 Å². The molecule has 6 aliphatic carbocycles. The second-order valence-corrected chi connectivity index (χ2v) is 9.83. The summed E-state index contributed by atoms with van der Waals surface area (Å²) in [5.41, 5.74) is -1.42. The van der Waals surface area contributed by atoms with Crippen LogP contribution in [0.1, 0.15) is 0 Å². The predicted molar refractivity (Wildman–Crippen MR) is 111 cm³/mol. The summed E-state index contributed by atoms with van der Waals surface area (Å²) in [5.74, 6) is -1.08. The molecule has 2 amide bonds. The Morgan fingerprint density at radius 1 is 0.526 bits per heavy atom. The van der Waals surface area contributed by atoms with Crippen molar-refractivity contribution in [3.8, 4) is 0 Å². The van der Waals surface area contributed by atoms with Crippen molar-refractivity contribution < 1.29 is 49.3 Å². The van der Waals surface area contributed by atoms with Crippen molar-refractivity contribution in [2.45, 2.75) is 0 Å². The normalized spacial score (nSPS) is 34.8. The highest BCUT2D eigenvalue weighted by atomic mass is 17.0. The molecule has 6 fully saturated rings. The minimum atomic E-state index is -1.01. The lowest BCUT2D eigenvalue weighted by molar-refractivity contribution is -0.758. The van der Waals surface area contributed by atoms with E-state index in [-0.39, 0.29) is 73.5 Å². The molecule has 0 atom stereocenters. The highest BCUT2D eigenvalue weighted by Gasteiger charge is 3.13. The lowest BCUT2D eigenvalue weighted by atomic mass is 8.92. The van der Waals surface area contributed by atoms with Crippen molar-refractivity contribution in [1.82, 2.24) is 9.80 Å². The number of carbonyl (C=O) groups is 2. The van der Waals surface area contributed by atoms with E-state index in [0.717, 1.165) is 0 Å². The first kappa shape index (κ1) is 25.4. The summed E-state index contributed by atoms with van der Waals surface area (Å²) in [7, 11) is 0. The van der Waals surface area contributed by atoms with E-state index in [1.54, 1.807) is 0 Å². The number of hydrogen-bond acceptors (Lipinski definition) is 14. The van der Waals surface area contributed by atoms with Gasteiger partial charge in [-0.05, 0) is 35.5 Å². The fourth-order valence-electron chi connectivity index (χ4n) is 8.46. The molecular formula is C18H22N6O14. The Balaban J connectivity index is 1.23. The summed E-state index contributed by atoms with van der Waals surface area (Å²) < 4.78 is 0. The minimum absolute atomic E-state index is 0.0822. The van der Waals surface area contributed by atoms with Crippen LogP contribution in [0.4, 0.5) is 0 Å². The molecule has 6 saturated carbocycles. The number of amides is 2. The molecule has 208 valence electrons. The van der Waals surface area contributed by atoms with Gasteiger partial charge in [0, 0.05) is 26.2 Å². The van der Waals surface area contributed by atoms with Crippen LogP contribution in [0.3, 0.4) is 0 Å². The van der Waals surface area contributed by atoms with E-state index < -0.39 is 57.6 Å². The second kappa shape index (κ2) is 8.65. The van der Waals surface area contributed by atoms with E-state index in [2.05, 4.69) is 19.4 Å². The Morgan fingerprint density at radius 2 is 0.737 bits per heavy atom. The van der Waals surface area contributed by atoms with Crippen LogP contribution in [0.2, 0.25) is 0 Å². The Kier molecular flexibility index (Phi) is 5.78. The molecule has 0 aliphatic heterocycles. The van der Waals surface area contributed by atoms with Crippen molar-refractivity contribution in [1.29, 1.82) is 0 Å². The monoisotopic (exact) mass is 546 g/mol. The van der Waals surface area contributed by atoms with Crippen molar-refractivity contribution in [2.24, 2.45) is 46.3 Å². The van der Waals surface area contributed by atoms with Crippen molar-refractivity contribution >= 4 is 11.8 Å². The van der Waals surface area contributed by atoms with Gasteiger partial charge in [-0.25, -0.2) is 0 Å². The van der Waals surface area contributed by atoms with Crippen molar-refractivity contribution in [3.63, 3.8) is 0 Å². The van der Waals surface area contributed by atoms with Crippen LogP contribution in [-0.4, -0.2) is 94.6 Å². The number of carbonyl (C=O) groups excluding carboxylic acids is 2. The average molecular weight is 546 g/mol. The molecular weight excluding hydrogens is 524 g/mol. The van der Waals surface area contributed by atoms with Gasteiger partial charge in [-0.15, -0.1) is 40.5 Å². The van der Waals surface area contributed by atoms with Gasteiger partial charge in [-0.1, -0.05) is 0 Å². The molecule has 0 heterocycles. The largest absolute Gasteiger partial charge is 0.338 e.